The minimum atomic E-state index is -0.430. The number of halogens is 1. The molecule has 0 spiro atoms. The van der Waals surface area contributed by atoms with E-state index in [1.54, 1.807) is 35.9 Å². The number of nitrogens with two attached hydrogens (primary N) is 1. The van der Waals surface area contributed by atoms with Gasteiger partial charge in [0.05, 0.1) is 5.25 Å². The first-order valence-corrected chi connectivity index (χ1v) is 10.6. The van der Waals surface area contributed by atoms with Gasteiger partial charge in [0.2, 0.25) is 11.8 Å². The number of likely N-dealkylation sites (tertiary alicyclic amines) is 1. The molecule has 1 fully saturated rings. The summed E-state index contributed by atoms with van der Waals surface area (Å²) in [6.07, 6.45) is 2.81. The van der Waals surface area contributed by atoms with Crippen LogP contribution in [0, 0.1) is 0 Å². The molecule has 0 saturated carbocycles. The summed E-state index contributed by atoms with van der Waals surface area (Å²) in [5, 5.41) is 8.91. The Morgan fingerprint density at radius 1 is 1.24 bits per heavy atom. The number of nitrogens with zero attached hydrogens (tertiary/aromatic N) is 4. The number of carbonyl (C=O) groups excluding carboxylic acids is 3. The van der Waals surface area contributed by atoms with E-state index in [0.29, 0.717) is 41.0 Å². The maximum atomic E-state index is 13.1. The highest BCUT2D eigenvalue weighted by molar-refractivity contribution is 8.00. The van der Waals surface area contributed by atoms with Crippen molar-refractivity contribution in [1.82, 2.24) is 19.7 Å². The Hall–Kier alpha value is -2.39. The number of hydrogen-bond donors (Lipinski definition) is 1. The minimum absolute atomic E-state index is 0.183. The molecule has 1 atom stereocenters. The van der Waals surface area contributed by atoms with Crippen LogP contribution in [0.25, 0.3) is 0 Å². The number of amides is 3. The molecule has 1 aromatic carbocycles. The van der Waals surface area contributed by atoms with Gasteiger partial charge in [-0.25, -0.2) is 0 Å². The van der Waals surface area contributed by atoms with Crippen molar-refractivity contribution in [3.05, 3.63) is 40.7 Å². The lowest BCUT2D eigenvalue weighted by molar-refractivity contribution is -0.127. The van der Waals surface area contributed by atoms with Gasteiger partial charge in [0.15, 0.2) is 5.16 Å². The standard InChI is InChI=1S/C19H22ClN5O3S/c1-24-16(10-9-15(21)26)22-23-19(24)29-14-4-2-3-11-25(18(14)28)17(27)12-5-7-13(20)8-6-12/h5-8,14H,2-4,9-11H2,1H3,(H2,21,26)/t14-/m1/s1. The monoisotopic (exact) mass is 435 g/mol. The molecule has 8 nitrogen and oxygen atoms in total. The smallest absolute Gasteiger partial charge is 0.260 e. The first kappa shape index (κ1) is 21.3. The Bertz CT molecular complexity index is 915. The van der Waals surface area contributed by atoms with Crippen molar-refractivity contribution in [2.45, 2.75) is 42.5 Å². The van der Waals surface area contributed by atoms with E-state index in [-0.39, 0.29) is 18.2 Å². The summed E-state index contributed by atoms with van der Waals surface area (Å²) in [6.45, 7) is 0.389. The molecule has 0 radical (unpaired) electrons. The normalized spacial score (nSPS) is 17.2. The quantitative estimate of drug-likeness (QED) is 0.696. The Labute approximate surface area is 177 Å². The molecule has 29 heavy (non-hydrogen) atoms. The van der Waals surface area contributed by atoms with Crippen LogP contribution < -0.4 is 5.73 Å². The van der Waals surface area contributed by atoms with Gasteiger partial charge in [-0.1, -0.05) is 29.8 Å². The van der Waals surface area contributed by atoms with Crippen LogP contribution in [0.15, 0.2) is 29.4 Å². The highest BCUT2D eigenvalue weighted by atomic mass is 35.5. The third-order valence-corrected chi connectivity index (χ3v) is 6.28. The average molecular weight is 436 g/mol. The molecule has 0 aliphatic carbocycles. The molecule has 2 heterocycles. The molecule has 154 valence electrons. The van der Waals surface area contributed by atoms with E-state index in [4.69, 9.17) is 17.3 Å². The minimum Gasteiger partial charge on any atom is -0.370 e. The lowest BCUT2D eigenvalue weighted by Crippen LogP contribution is -2.41. The van der Waals surface area contributed by atoms with E-state index in [1.165, 1.54) is 16.7 Å². The van der Waals surface area contributed by atoms with Crippen molar-refractivity contribution in [2.24, 2.45) is 12.8 Å². The van der Waals surface area contributed by atoms with Gasteiger partial charge in [0.25, 0.3) is 5.91 Å². The van der Waals surface area contributed by atoms with E-state index in [2.05, 4.69) is 10.2 Å². The van der Waals surface area contributed by atoms with Gasteiger partial charge in [0.1, 0.15) is 5.82 Å². The fraction of sp³-hybridized carbons (Fsp3) is 0.421. The summed E-state index contributed by atoms with van der Waals surface area (Å²) in [4.78, 5) is 38.3. The summed E-state index contributed by atoms with van der Waals surface area (Å²) >= 11 is 7.19. The number of hydrogen-bond acceptors (Lipinski definition) is 6. The van der Waals surface area contributed by atoms with Gasteiger partial charge < -0.3 is 10.3 Å². The molecule has 10 heteroatoms. The van der Waals surface area contributed by atoms with Crippen LogP contribution in [0.3, 0.4) is 0 Å². The SMILES string of the molecule is Cn1c(CCC(N)=O)nnc1S[C@@H]1CCCCN(C(=O)c2ccc(Cl)cc2)C1=O. The number of thioether (sulfide) groups is 1. The molecule has 1 saturated heterocycles. The maximum absolute atomic E-state index is 13.1. The number of primary amides is 1. The number of aromatic nitrogens is 3. The van der Waals surface area contributed by atoms with E-state index in [1.807, 2.05) is 0 Å². The van der Waals surface area contributed by atoms with Gasteiger partial charge in [-0.2, -0.15) is 0 Å². The second kappa shape index (κ2) is 9.41. The van der Waals surface area contributed by atoms with Gasteiger partial charge in [0, 0.05) is 37.0 Å². The highest BCUT2D eigenvalue weighted by Crippen LogP contribution is 2.30. The molecule has 0 bridgehead atoms. The predicted molar refractivity (Wildman–Crippen MR) is 110 cm³/mol. The third-order valence-electron chi connectivity index (χ3n) is 4.74. The number of imide groups is 1. The maximum Gasteiger partial charge on any atom is 0.260 e. The van der Waals surface area contributed by atoms with Gasteiger partial charge in [-0.15, -0.1) is 10.2 Å². The fourth-order valence-electron chi connectivity index (χ4n) is 3.09. The molecule has 2 N–H and O–H groups in total. The second-order valence-electron chi connectivity index (χ2n) is 6.83. The molecule has 0 unspecified atom stereocenters. The van der Waals surface area contributed by atoms with Gasteiger partial charge >= 0.3 is 0 Å². The zero-order valence-corrected chi connectivity index (χ0v) is 17.6. The summed E-state index contributed by atoms with van der Waals surface area (Å²) in [5.41, 5.74) is 5.62. The van der Waals surface area contributed by atoms with Crippen LogP contribution in [-0.2, 0) is 23.1 Å². The Morgan fingerprint density at radius 2 is 1.97 bits per heavy atom. The van der Waals surface area contributed by atoms with Gasteiger partial charge in [-0.3, -0.25) is 19.3 Å². The largest absolute Gasteiger partial charge is 0.370 e. The molecular weight excluding hydrogens is 414 g/mol. The van der Waals surface area contributed by atoms with Crippen molar-refractivity contribution in [3.8, 4) is 0 Å². The first-order valence-electron chi connectivity index (χ1n) is 9.31. The molecule has 1 aromatic heterocycles. The summed E-state index contributed by atoms with van der Waals surface area (Å²) in [7, 11) is 1.79. The molecule has 1 aliphatic heterocycles. The average Bonchev–Trinajstić information content (AvgIpc) is 2.93. The lowest BCUT2D eigenvalue weighted by Gasteiger charge is -2.22. The highest BCUT2D eigenvalue weighted by Gasteiger charge is 2.33. The number of rotatable bonds is 6. The van der Waals surface area contributed by atoms with Crippen molar-refractivity contribution in [2.75, 3.05) is 6.54 Å². The van der Waals surface area contributed by atoms with E-state index in [0.717, 1.165) is 12.8 Å². The number of benzene rings is 1. The molecule has 2 aromatic rings. The topological polar surface area (TPSA) is 111 Å². The van der Waals surface area contributed by atoms with Gasteiger partial charge in [-0.05, 0) is 37.1 Å². The van der Waals surface area contributed by atoms with Crippen molar-refractivity contribution < 1.29 is 14.4 Å². The second-order valence-corrected chi connectivity index (χ2v) is 8.43. The Kier molecular flexibility index (Phi) is 6.92. The van der Waals surface area contributed by atoms with Crippen molar-refractivity contribution in [1.29, 1.82) is 0 Å². The number of aryl methyl sites for hydroxylation is 1. The molecular formula is C19H22ClN5O3S. The summed E-state index contributed by atoms with van der Waals surface area (Å²) in [6, 6.07) is 6.52. The lowest BCUT2D eigenvalue weighted by atomic mass is 10.2. The van der Waals surface area contributed by atoms with E-state index >= 15 is 0 Å². The van der Waals surface area contributed by atoms with E-state index in [9.17, 15) is 14.4 Å². The predicted octanol–water partition coefficient (Wildman–Crippen LogP) is 2.20. The van der Waals surface area contributed by atoms with Crippen LogP contribution in [0.4, 0.5) is 0 Å². The molecule has 3 amide bonds. The van der Waals surface area contributed by atoms with Crippen molar-refractivity contribution in [3.63, 3.8) is 0 Å². The summed E-state index contributed by atoms with van der Waals surface area (Å²) in [5.74, 6) is -0.326. The fourth-order valence-corrected chi connectivity index (χ4v) is 4.34. The van der Waals surface area contributed by atoms with Crippen LogP contribution in [0.1, 0.15) is 41.9 Å². The Balaban J connectivity index is 1.74. The van der Waals surface area contributed by atoms with Crippen LogP contribution in [0.2, 0.25) is 5.02 Å². The van der Waals surface area contributed by atoms with Crippen LogP contribution in [0.5, 0.6) is 0 Å². The number of carbonyl (C=O) groups is 3. The van der Waals surface area contributed by atoms with Crippen LogP contribution >= 0.6 is 23.4 Å². The zero-order valence-electron chi connectivity index (χ0n) is 16.0. The Morgan fingerprint density at radius 3 is 2.66 bits per heavy atom. The third kappa shape index (κ3) is 5.16. The van der Waals surface area contributed by atoms with Crippen molar-refractivity contribution >= 4 is 41.1 Å². The molecule has 1 aliphatic rings. The van der Waals surface area contributed by atoms with Crippen LogP contribution in [-0.4, -0.2) is 49.2 Å². The first-order chi connectivity index (χ1) is 13.9. The summed E-state index contributed by atoms with van der Waals surface area (Å²) < 4.78 is 1.76. The zero-order chi connectivity index (χ0) is 21.0. The molecule has 3 rings (SSSR count). The van der Waals surface area contributed by atoms with E-state index < -0.39 is 11.2 Å².